The molecular formula is C23H21ClN4O9. The lowest BCUT2D eigenvalue weighted by atomic mass is 9.99. The first kappa shape index (κ1) is 27.4. The van der Waals surface area contributed by atoms with Crippen molar-refractivity contribution in [3.8, 4) is 5.75 Å². The van der Waals surface area contributed by atoms with Crippen LogP contribution < -0.4 is 0 Å². The Balaban J connectivity index is 0.000000214. The van der Waals surface area contributed by atoms with Crippen molar-refractivity contribution in [1.82, 2.24) is 4.90 Å². The summed E-state index contributed by atoms with van der Waals surface area (Å²) >= 11 is 6.20. The van der Waals surface area contributed by atoms with Gasteiger partial charge in [-0.25, -0.2) is 0 Å². The maximum atomic E-state index is 12.5. The lowest BCUT2D eigenvalue weighted by molar-refractivity contribution is -0.404. The molecular weight excluding hydrogens is 512 g/mol. The number of ether oxygens (including phenoxy) is 1. The summed E-state index contributed by atoms with van der Waals surface area (Å²) < 4.78 is 5.32. The Morgan fingerprint density at radius 2 is 1.49 bits per heavy atom. The van der Waals surface area contributed by atoms with Crippen LogP contribution in [0.3, 0.4) is 0 Å². The highest BCUT2D eigenvalue weighted by Gasteiger charge is 2.30. The van der Waals surface area contributed by atoms with Crippen LogP contribution in [0, 0.1) is 30.3 Å². The van der Waals surface area contributed by atoms with Crippen molar-refractivity contribution in [2.75, 3.05) is 32.8 Å². The number of nitrogens with zero attached hydrogens (tertiary/aromatic N) is 4. The Morgan fingerprint density at radius 3 is 2.03 bits per heavy atom. The Morgan fingerprint density at radius 1 is 0.919 bits per heavy atom. The molecule has 0 bridgehead atoms. The highest BCUT2D eigenvalue weighted by atomic mass is 35.5. The van der Waals surface area contributed by atoms with Crippen LogP contribution in [-0.4, -0.2) is 63.4 Å². The van der Waals surface area contributed by atoms with Crippen molar-refractivity contribution in [2.45, 2.75) is 6.42 Å². The van der Waals surface area contributed by atoms with Crippen LogP contribution in [0.5, 0.6) is 5.75 Å². The van der Waals surface area contributed by atoms with Gasteiger partial charge in [0.1, 0.15) is 0 Å². The van der Waals surface area contributed by atoms with Gasteiger partial charge in [0, 0.05) is 42.0 Å². The second-order valence-corrected chi connectivity index (χ2v) is 8.28. The highest BCUT2D eigenvalue weighted by Crippen LogP contribution is 2.39. The van der Waals surface area contributed by atoms with Crippen LogP contribution in [0.1, 0.15) is 16.8 Å². The SMILES string of the molecule is O=C(CCN1CCOCC1)c1ccc(Cl)c2ccccc12.O=[N+]([O-])c1cc([N+](=O)[O-])c(O)c([N+](=O)[O-])c1. The number of carbonyl (C=O) groups excluding carboxylic acids is 1. The molecule has 0 atom stereocenters. The van der Waals surface area contributed by atoms with E-state index in [4.69, 9.17) is 21.4 Å². The van der Waals surface area contributed by atoms with E-state index >= 15 is 0 Å². The molecule has 13 nitrogen and oxygen atoms in total. The van der Waals surface area contributed by atoms with Crippen LogP contribution in [0.15, 0.2) is 48.5 Å². The minimum Gasteiger partial charge on any atom is -0.497 e. The van der Waals surface area contributed by atoms with Gasteiger partial charge in [-0.05, 0) is 17.5 Å². The number of fused-ring (bicyclic) bond motifs is 1. The number of hydrogen-bond acceptors (Lipinski definition) is 10. The first-order valence-corrected chi connectivity index (χ1v) is 11.3. The molecule has 1 heterocycles. The summed E-state index contributed by atoms with van der Waals surface area (Å²) in [4.78, 5) is 42.6. The molecule has 0 radical (unpaired) electrons. The molecule has 3 aromatic carbocycles. The summed E-state index contributed by atoms with van der Waals surface area (Å²) in [5.74, 6) is -1.03. The molecule has 1 saturated heterocycles. The van der Waals surface area contributed by atoms with E-state index in [1.165, 1.54) is 0 Å². The van der Waals surface area contributed by atoms with Crippen molar-refractivity contribution in [1.29, 1.82) is 0 Å². The number of Topliss-reactive ketones (excluding diaryl/α,β-unsaturated/α-hetero) is 1. The maximum Gasteiger partial charge on any atom is 0.324 e. The number of phenols is 1. The van der Waals surface area contributed by atoms with E-state index in [0.29, 0.717) is 23.6 Å². The third-order valence-electron chi connectivity index (χ3n) is 5.59. The smallest absolute Gasteiger partial charge is 0.324 e. The number of non-ortho nitro benzene ring substituents is 1. The molecule has 0 unspecified atom stereocenters. The molecule has 14 heteroatoms. The number of hydrogen-bond donors (Lipinski definition) is 1. The lowest BCUT2D eigenvalue weighted by Crippen LogP contribution is -2.37. The zero-order valence-corrected chi connectivity index (χ0v) is 20.0. The fraction of sp³-hybridized carbons (Fsp3) is 0.261. The third kappa shape index (κ3) is 6.73. The fourth-order valence-electron chi connectivity index (χ4n) is 3.70. The highest BCUT2D eigenvalue weighted by molar-refractivity contribution is 6.36. The number of aromatic hydroxyl groups is 1. The van der Waals surface area contributed by atoms with Gasteiger partial charge in [-0.1, -0.05) is 35.9 Å². The van der Waals surface area contributed by atoms with Crippen LogP contribution in [0.2, 0.25) is 5.02 Å². The van der Waals surface area contributed by atoms with Gasteiger partial charge in [0.25, 0.3) is 11.4 Å². The molecule has 4 rings (SSSR count). The van der Waals surface area contributed by atoms with Crippen molar-refractivity contribution in [3.05, 3.63) is 89.5 Å². The topological polar surface area (TPSA) is 179 Å². The standard InChI is InChI=1S/C17H18ClNO2.C6H3N3O7/c18-16-6-5-15(13-3-1-2-4-14(13)16)17(20)7-8-19-9-11-21-12-10-19;10-6-4(8(13)14)1-3(7(11)12)2-5(6)9(15)16/h1-6H,7-12H2;1-2,10H. The number of halogens is 1. The number of rotatable bonds is 7. The molecule has 0 saturated carbocycles. The quantitative estimate of drug-likeness (QED) is 0.258. The molecule has 0 aromatic heterocycles. The van der Waals surface area contributed by atoms with E-state index in [1.807, 2.05) is 36.4 Å². The van der Waals surface area contributed by atoms with E-state index in [-0.39, 0.29) is 5.78 Å². The van der Waals surface area contributed by atoms with E-state index in [2.05, 4.69) is 4.90 Å². The fourth-order valence-corrected chi connectivity index (χ4v) is 3.93. The van der Waals surface area contributed by atoms with Gasteiger partial charge in [-0.2, -0.15) is 0 Å². The molecule has 0 amide bonds. The minimum atomic E-state index is -1.21. The first-order chi connectivity index (χ1) is 17.6. The lowest BCUT2D eigenvalue weighted by Gasteiger charge is -2.26. The summed E-state index contributed by atoms with van der Waals surface area (Å²) in [5.41, 5.74) is -2.23. The number of nitro groups is 3. The molecule has 1 aliphatic rings. The van der Waals surface area contributed by atoms with E-state index < -0.39 is 37.6 Å². The molecule has 1 N–H and O–H groups in total. The first-order valence-electron chi connectivity index (χ1n) is 10.9. The molecule has 37 heavy (non-hydrogen) atoms. The van der Waals surface area contributed by atoms with Gasteiger partial charge < -0.3 is 9.84 Å². The zero-order valence-electron chi connectivity index (χ0n) is 19.2. The second kappa shape index (κ2) is 12.2. The monoisotopic (exact) mass is 532 g/mol. The van der Waals surface area contributed by atoms with Gasteiger partial charge in [0.05, 0.1) is 40.1 Å². The van der Waals surface area contributed by atoms with E-state index in [9.17, 15) is 35.1 Å². The average Bonchev–Trinajstić information content (AvgIpc) is 2.88. The predicted molar refractivity (Wildman–Crippen MR) is 133 cm³/mol. The summed E-state index contributed by atoms with van der Waals surface area (Å²) in [7, 11) is 0. The Hall–Kier alpha value is -4.20. The molecule has 1 fully saturated rings. The molecule has 1 aliphatic heterocycles. The number of carbonyl (C=O) groups is 1. The van der Waals surface area contributed by atoms with E-state index in [1.54, 1.807) is 0 Å². The van der Waals surface area contributed by atoms with Gasteiger partial charge in [0.15, 0.2) is 5.78 Å². The molecule has 0 aliphatic carbocycles. The van der Waals surface area contributed by atoms with E-state index in [0.717, 1.165) is 49.2 Å². The largest absolute Gasteiger partial charge is 0.497 e. The molecule has 0 spiro atoms. The number of phenolic OH excluding ortho intramolecular Hbond substituents is 1. The predicted octanol–water partition coefficient (Wildman–Crippen LogP) is 4.52. The van der Waals surface area contributed by atoms with Gasteiger partial charge in [-0.3, -0.25) is 40.0 Å². The third-order valence-corrected chi connectivity index (χ3v) is 5.92. The summed E-state index contributed by atoms with van der Waals surface area (Å²) in [5, 5.41) is 42.8. The van der Waals surface area contributed by atoms with Gasteiger partial charge in [0.2, 0.25) is 0 Å². The normalized spacial score (nSPS) is 13.4. The van der Waals surface area contributed by atoms with Crippen LogP contribution >= 0.6 is 11.6 Å². The molecule has 3 aromatic rings. The number of morpholine rings is 1. The van der Waals surface area contributed by atoms with Crippen molar-refractivity contribution >= 4 is 45.2 Å². The summed E-state index contributed by atoms with van der Waals surface area (Å²) in [6, 6.07) is 12.3. The van der Waals surface area contributed by atoms with Gasteiger partial charge >= 0.3 is 11.4 Å². The second-order valence-electron chi connectivity index (χ2n) is 7.87. The van der Waals surface area contributed by atoms with Crippen molar-refractivity contribution < 1.29 is 29.4 Å². The Kier molecular flexibility index (Phi) is 9.00. The van der Waals surface area contributed by atoms with Crippen molar-refractivity contribution in [3.63, 3.8) is 0 Å². The number of ketones is 1. The molecule has 194 valence electrons. The average molecular weight is 533 g/mol. The summed E-state index contributed by atoms with van der Waals surface area (Å²) in [6.45, 7) is 4.14. The van der Waals surface area contributed by atoms with Crippen molar-refractivity contribution in [2.24, 2.45) is 0 Å². The maximum absolute atomic E-state index is 12.5. The number of benzene rings is 3. The van der Waals surface area contributed by atoms with Crippen LogP contribution in [-0.2, 0) is 4.74 Å². The van der Waals surface area contributed by atoms with Crippen LogP contribution in [0.25, 0.3) is 10.8 Å². The Bertz CT molecular complexity index is 1320. The number of nitro benzene ring substituents is 3. The zero-order chi connectivity index (χ0) is 27.1. The van der Waals surface area contributed by atoms with Gasteiger partial charge in [-0.15, -0.1) is 0 Å². The minimum absolute atomic E-state index is 0.175. The summed E-state index contributed by atoms with van der Waals surface area (Å²) in [6.07, 6.45) is 0.533. The van der Waals surface area contributed by atoms with Crippen LogP contribution in [0.4, 0.5) is 17.1 Å². The Labute approximate surface area is 214 Å².